The molecule has 0 radical (unpaired) electrons. The van der Waals surface area contributed by atoms with Crippen LogP contribution in [0.1, 0.15) is 31.0 Å². The fourth-order valence-electron chi connectivity index (χ4n) is 2.04. The summed E-state index contributed by atoms with van der Waals surface area (Å²) in [4.78, 5) is 8.41. The molecule has 20 heavy (non-hydrogen) atoms. The van der Waals surface area contributed by atoms with E-state index < -0.39 is 0 Å². The largest absolute Gasteiger partial charge is 0.363 e. The number of aromatic nitrogens is 2. The first-order chi connectivity index (χ1) is 9.65. The van der Waals surface area contributed by atoms with Crippen LogP contribution in [0.5, 0.6) is 0 Å². The zero-order valence-electron chi connectivity index (χ0n) is 11.5. The van der Waals surface area contributed by atoms with E-state index in [0.717, 1.165) is 28.4 Å². The van der Waals surface area contributed by atoms with Crippen LogP contribution in [0.25, 0.3) is 0 Å². The molecule has 0 amide bonds. The molecule has 1 heterocycles. The standard InChI is InChI=1S/C14H18ClN5/c1-3-12-13(17-8-18-14(12)20-16)19-9(2)10-4-6-11(15)7-5-10/h4-9H,3,16H2,1-2H3,(H2,17,18,19,20). The monoisotopic (exact) mass is 291 g/mol. The molecule has 0 bridgehead atoms. The number of anilines is 2. The minimum absolute atomic E-state index is 0.109. The van der Waals surface area contributed by atoms with Gasteiger partial charge < -0.3 is 10.7 Å². The van der Waals surface area contributed by atoms with Crippen molar-refractivity contribution in [3.05, 3.63) is 46.7 Å². The zero-order chi connectivity index (χ0) is 14.5. The maximum Gasteiger partial charge on any atom is 0.148 e. The summed E-state index contributed by atoms with van der Waals surface area (Å²) in [6, 6.07) is 7.85. The number of nitrogens with zero attached hydrogens (tertiary/aromatic N) is 2. The van der Waals surface area contributed by atoms with Gasteiger partial charge in [0.05, 0.1) is 0 Å². The van der Waals surface area contributed by atoms with Crippen molar-refractivity contribution >= 4 is 23.2 Å². The van der Waals surface area contributed by atoms with Gasteiger partial charge in [-0.1, -0.05) is 30.7 Å². The smallest absolute Gasteiger partial charge is 0.148 e. The number of hydrogen-bond donors (Lipinski definition) is 3. The quantitative estimate of drug-likeness (QED) is 0.583. The minimum Gasteiger partial charge on any atom is -0.363 e. The Morgan fingerprint density at radius 3 is 2.45 bits per heavy atom. The van der Waals surface area contributed by atoms with Crippen LogP contribution in [-0.2, 0) is 6.42 Å². The summed E-state index contributed by atoms with van der Waals surface area (Å²) in [5, 5.41) is 4.11. The van der Waals surface area contributed by atoms with Gasteiger partial charge in [0, 0.05) is 16.6 Å². The summed E-state index contributed by atoms with van der Waals surface area (Å²) in [6.07, 6.45) is 2.28. The van der Waals surface area contributed by atoms with Crippen LogP contribution in [0.3, 0.4) is 0 Å². The van der Waals surface area contributed by atoms with Crippen LogP contribution in [0.2, 0.25) is 5.02 Å². The van der Waals surface area contributed by atoms with Crippen LogP contribution < -0.4 is 16.6 Å². The van der Waals surface area contributed by atoms with Gasteiger partial charge in [0.1, 0.15) is 18.0 Å². The molecule has 0 aliphatic carbocycles. The maximum absolute atomic E-state index is 5.90. The Bertz CT molecular complexity index is 570. The van der Waals surface area contributed by atoms with Gasteiger partial charge in [-0.25, -0.2) is 15.8 Å². The summed E-state index contributed by atoms with van der Waals surface area (Å²) in [6.45, 7) is 4.11. The van der Waals surface area contributed by atoms with Crippen molar-refractivity contribution in [2.24, 2.45) is 5.84 Å². The highest BCUT2D eigenvalue weighted by Gasteiger charge is 2.12. The average molecular weight is 292 g/mol. The molecule has 0 saturated carbocycles. The van der Waals surface area contributed by atoms with Gasteiger partial charge in [-0.3, -0.25) is 0 Å². The molecular formula is C14H18ClN5. The lowest BCUT2D eigenvalue weighted by molar-refractivity contribution is 0.862. The van der Waals surface area contributed by atoms with Gasteiger partial charge in [0.15, 0.2) is 0 Å². The first kappa shape index (κ1) is 14.6. The Morgan fingerprint density at radius 2 is 1.85 bits per heavy atom. The number of nitrogens with two attached hydrogens (primary N) is 1. The molecule has 0 saturated heterocycles. The Hall–Kier alpha value is -1.85. The molecule has 1 aromatic carbocycles. The van der Waals surface area contributed by atoms with E-state index in [9.17, 15) is 0 Å². The van der Waals surface area contributed by atoms with Crippen molar-refractivity contribution in [2.45, 2.75) is 26.3 Å². The molecule has 1 unspecified atom stereocenters. The normalized spacial score (nSPS) is 12.0. The minimum atomic E-state index is 0.109. The predicted molar refractivity (Wildman–Crippen MR) is 82.7 cm³/mol. The van der Waals surface area contributed by atoms with Gasteiger partial charge in [-0.05, 0) is 31.0 Å². The van der Waals surface area contributed by atoms with Crippen molar-refractivity contribution in [1.82, 2.24) is 9.97 Å². The molecule has 6 heteroatoms. The lowest BCUT2D eigenvalue weighted by Crippen LogP contribution is -2.15. The highest BCUT2D eigenvalue weighted by atomic mass is 35.5. The molecule has 0 fully saturated rings. The van der Waals surface area contributed by atoms with Gasteiger partial charge >= 0.3 is 0 Å². The number of nitrogens with one attached hydrogen (secondary N) is 2. The number of halogens is 1. The van der Waals surface area contributed by atoms with Crippen LogP contribution in [-0.4, -0.2) is 9.97 Å². The predicted octanol–water partition coefficient (Wildman–Crippen LogP) is 3.15. The zero-order valence-corrected chi connectivity index (χ0v) is 12.3. The molecule has 106 valence electrons. The highest BCUT2D eigenvalue weighted by Crippen LogP contribution is 2.25. The van der Waals surface area contributed by atoms with E-state index >= 15 is 0 Å². The average Bonchev–Trinajstić information content (AvgIpc) is 2.47. The number of hydrazine groups is 1. The third kappa shape index (κ3) is 3.18. The SMILES string of the molecule is CCc1c(NN)ncnc1NC(C)c1ccc(Cl)cc1. The number of nitrogen functional groups attached to an aromatic ring is 1. The number of rotatable bonds is 5. The molecule has 0 spiro atoms. The highest BCUT2D eigenvalue weighted by molar-refractivity contribution is 6.30. The molecule has 4 N–H and O–H groups in total. The van der Waals surface area contributed by atoms with Crippen molar-refractivity contribution in [1.29, 1.82) is 0 Å². The fourth-order valence-corrected chi connectivity index (χ4v) is 2.16. The second kappa shape index (κ2) is 6.54. The fraction of sp³-hybridized carbons (Fsp3) is 0.286. The summed E-state index contributed by atoms with van der Waals surface area (Å²) in [5.41, 5.74) is 4.70. The third-order valence-electron chi connectivity index (χ3n) is 3.16. The number of benzene rings is 1. The van der Waals surface area contributed by atoms with Gasteiger partial charge in [-0.15, -0.1) is 0 Å². The van der Waals surface area contributed by atoms with Crippen LogP contribution >= 0.6 is 11.6 Å². The first-order valence-electron chi connectivity index (χ1n) is 6.48. The van der Waals surface area contributed by atoms with E-state index in [1.54, 1.807) is 0 Å². The molecule has 2 aromatic rings. The van der Waals surface area contributed by atoms with Crippen molar-refractivity contribution < 1.29 is 0 Å². The van der Waals surface area contributed by atoms with E-state index in [1.165, 1.54) is 6.33 Å². The van der Waals surface area contributed by atoms with E-state index in [-0.39, 0.29) is 6.04 Å². The lowest BCUT2D eigenvalue weighted by atomic mass is 10.1. The van der Waals surface area contributed by atoms with Crippen molar-refractivity contribution in [3.63, 3.8) is 0 Å². The second-order valence-electron chi connectivity index (χ2n) is 4.46. The van der Waals surface area contributed by atoms with Crippen LogP contribution in [0.15, 0.2) is 30.6 Å². The van der Waals surface area contributed by atoms with Crippen LogP contribution in [0, 0.1) is 0 Å². The van der Waals surface area contributed by atoms with E-state index in [2.05, 4.69) is 27.6 Å². The van der Waals surface area contributed by atoms with Gasteiger partial charge in [0.25, 0.3) is 0 Å². The maximum atomic E-state index is 5.90. The van der Waals surface area contributed by atoms with Gasteiger partial charge in [-0.2, -0.15) is 0 Å². The molecule has 0 aliphatic rings. The molecule has 2 rings (SSSR count). The Balaban J connectivity index is 2.23. The topological polar surface area (TPSA) is 75.9 Å². The third-order valence-corrected chi connectivity index (χ3v) is 3.41. The van der Waals surface area contributed by atoms with E-state index in [1.807, 2.05) is 31.2 Å². The van der Waals surface area contributed by atoms with E-state index in [0.29, 0.717) is 5.82 Å². The van der Waals surface area contributed by atoms with Crippen LogP contribution in [0.4, 0.5) is 11.6 Å². The van der Waals surface area contributed by atoms with E-state index in [4.69, 9.17) is 17.4 Å². The molecule has 1 aromatic heterocycles. The summed E-state index contributed by atoms with van der Waals surface area (Å²) < 4.78 is 0. The van der Waals surface area contributed by atoms with Gasteiger partial charge in [0.2, 0.25) is 0 Å². The summed E-state index contributed by atoms with van der Waals surface area (Å²) >= 11 is 5.90. The van der Waals surface area contributed by atoms with Crippen molar-refractivity contribution in [2.75, 3.05) is 10.7 Å². The van der Waals surface area contributed by atoms with Crippen molar-refractivity contribution in [3.8, 4) is 0 Å². The molecular weight excluding hydrogens is 274 g/mol. The molecule has 5 nitrogen and oxygen atoms in total. The Kier molecular flexibility index (Phi) is 4.76. The summed E-state index contributed by atoms with van der Waals surface area (Å²) in [7, 11) is 0. The second-order valence-corrected chi connectivity index (χ2v) is 4.90. The summed E-state index contributed by atoms with van der Waals surface area (Å²) in [5.74, 6) is 6.91. The first-order valence-corrected chi connectivity index (χ1v) is 6.86. The molecule has 0 aliphatic heterocycles. The Morgan fingerprint density at radius 1 is 1.20 bits per heavy atom. The lowest BCUT2D eigenvalue weighted by Gasteiger charge is -2.18. The number of hydrogen-bond acceptors (Lipinski definition) is 5. The molecule has 1 atom stereocenters. The Labute approximate surface area is 123 Å².